The third kappa shape index (κ3) is 5.29. The van der Waals surface area contributed by atoms with Gasteiger partial charge in [0, 0.05) is 18.7 Å². The van der Waals surface area contributed by atoms with Crippen molar-refractivity contribution in [1.29, 1.82) is 0 Å². The fourth-order valence-electron chi connectivity index (χ4n) is 3.11. The number of pyridine rings is 1. The first-order valence-corrected chi connectivity index (χ1v) is 11.2. The van der Waals surface area contributed by atoms with Crippen LogP contribution in [0, 0.1) is 0 Å². The van der Waals surface area contributed by atoms with Gasteiger partial charge in [0.1, 0.15) is 11.6 Å². The maximum absolute atomic E-state index is 12.6. The van der Waals surface area contributed by atoms with Crippen LogP contribution < -0.4 is 14.9 Å². The van der Waals surface area contributed by atoms with Crippen molar-refractivity contribution in [3.63, 3.8) is 0 Å². The maximum atomic E-state index is 12.6. The Labute approximate surface area is 180 Å². The summed E-state index contributed by atoms with van der Waals surface area (Å²) in [4.78, 5) is 19.1. The van der Waals surface area contributed by atoms with E-state index in [1.807, 2.05) is 6.07 Å². The first-order chi connectivity index (χ1) is 15.0. The molecule has 0 aliphatic carbocycles. The molecule has 1 saturated heterocycles. The van der Waals surface area contributed by atoms with Crippen LogP contribution in [0.3, 0.4) is 0 Å². The third-order valence-corrected chi connectivity index (χ3v) is 6.16. The molecule has 162 valence electrons. The maximum Gasteiger partial charge on any atom is 0.255 e. The summed E-state index contributed by atoms with van der Waals surface area (Å²) >= 11 is 0. The molecule has 3 heterocycles. The van der Waals surface area contributed by atoms with Crippen molar-refractivity contribution in [2.45, 2.75) is 11.4 Å². The van der Waals surface area contributed by atoms with E-state index in [0.717, 1.165) is 18.9 Å². The number of hydrogen-bond donors (Lipinski definition) is 2. The lowest BCUT2D eigenvalue weighted by molar-refractivity contribution is 0.102. The molecular formula is C21H22N4O5S. The molecule has 3 aromatic rings. The van der Waals surface area contributed by atoms with Gasteiger partial charge < -0.3 is 19.4 Å². The summed E-state index contributed by atoms with van der Waals surface area (Å²) in [5, 5.41) is 2.75. The van der Waals surface area contributed by atoms with E-state index < -0.39 is 15.9 Å². The molecule has 1 aliphatic rings. The van der Waals surface area contributed by atoms with Crippen LogP contribution in [-0.4, -0.2) is 45.6 Å². The van der Waals surface area contributed by atoms with E-state index in [-0.39, 0.29) is 17.0 Å². The molecule has 9 nitrogen and oxygen atoms in total. The van der Waals surface area contributed by atoms with Crippen LogP contribution in [-0.2, 0) is 21.3 Å². The number of rotatable bonds is 7. The summed E-state index contributed by atoms with van der Waals surface area (Å²) in [5.74, 6) is 0.881. The number of aromatic nitrogens is 1. The standard InChI is InChI=1S/C21H22N4O5S/c26-21(24-17-6-7-20(22-14-17)25-8-11-29-12-9-25)16-3-1-5-19(13-16)31(27,28)23-15-18-4-2-10-30-18/h1-7,10,13-14,23H,8-9,11-12,15H2,(H,24,26). The van der Waals surface area contributed by atoms with Crippen molar-refractivity contribution >= 4 is 27.4 Å². The van der Waals surface area contributed by atoms with Crippen LogP contribution in [0.4, 0.5) is 11.5 Å². The van der Waals surface area contributed by atoms with Crippen LogP contribution in [0.2, 0.25) is 0 Å². The molecule has 0 spiro atoms. The van der Waals surface area contributed by atoms with E-state index in [4.69, 9.17) is 9.15 Å². The minimum absolute atomic E-state index is 0.00695. The SMILES string of the molecule is O=C(Nc1ccc(N2CCOCC2)nc1)c1cccc(S(=O)(=O)NCc2ccco2)c1. The fraction of sp³-hybridized carbons (Fsp3) is 0.238. The van der Waals surface area contributed by atoms with Gasteiger partial charge in [-0.25, -0.2) is 18.1 Å². The number of carbonyl (C=O) groups excluding carboxylic acids is 1. The molecule has 2 aromatic heterocycles. The number of carbonyl (C=O) groups is 1. The van der Waals surface area contributed by atoms with Gasteiger partial charge in [-0.3, -0.25) is 4.79 Å². The predicted octanol–water partition coefficient (Wildman–Crippen LogP) is 2.24. The number of furan rings is 1. The molecule has 10 heteroatoms. The highest BCUT2D eigenvalue weighted by Crippen LogP contribution is 2.17. The second-order valence-electron chi connectivity index (χ2n) is 6.89. The van der Waals surface area contributed by atoms with E-state index in [1.54, 1.807) is 30.5 Å². The lowest BCUT2D eigenvalue weighted by Crippen LogP contribution is -2.36. The highest BCUT2D eigenvalue weighted by atomic mass is 32.2. The van der Waals surface area contributed by atoms with E-state index in [1.165, 1.54) is 24.5 Å². The number of benzene rings is 1. The fourth-order valence-corrected chi connectivity index (χ4v) is 4.15. The monoisotopic (exact) mass is 442 g/mol. The molecule has 1 amide bonds. The van der Waals surface area contributed by atoms with Gasteiger partial charge in [0.15, 0.2) is 0 Å². The number of sulfonamides is 1. The smallest absolute Gasteiger partial charge is 0.255 e. The van der Waals surface area contributed by atoms with Crippen LogP contribution in [0.25, 0.3) is 0 Å². The number of ether oxygens (including phenoxy) is 1. The zero-order valence-corrected chi connectivity index (χ0v) is 17.5. The van der Waals surface area contributed by atoms with Gasteiger partial charge in [-0.15, -0.1) is 0 Å². The average molecular weight is 442 g/mol. The highest BCUT2D eigenvalue weighted by molar-refractivity contribution is 7.89. The number of anilines is 2. The van der Waals surface area contributed by atoms with Crippen molar-refractivity contribution in [1.82, 2.24) is 9.71 Å². The highest BCUT2D eigenvalue weighted by Gasteiger charge is 2.17. The summed E-state index contributed by atoms with van der Waals surface area (Å²) in [6.45, 7) is 2.89. The third-order valence-electron chi connectivity index (χ3n) is 4.76. The first-order valence-electron chi connectivity index (χ1n) is 9.73. The molecule has 0 radical (unpaired) electrons. The number of morpholine rings is 1. The summed E-state index contributed by atoms with van der Waals surface area (Å²) in [6.07, 6.45) is 3.05. The Kier molecular flexibility index (Phi) is 6.31. The lowest BCUT2D eigenvalue weighted by atomic mass is 10.2. The Morgan fingerprint density at radius 3 is 2.65 bits per heavy atom. The Morgan fingerprint density at radius 2 is 1.94 bits per heavy atom. The number of hydrogen-bond acceptors (Lipinski definition) is 7. The van der Waals surface area contributed by atoms with Crippen molar-refractivity contribution in [3.05, 3.63) is 72.3 Å². The molecule has 31 heavy (non-hydrogen) atoms. The summed E-state index contributed by atoms with van der Waals surface area (Å²) in [7, 11) is -3.80. The van der Waals surface area contributed by atoms with Gasteiger partial charge in [0.05, 0.1) is 42.8 Å². The predicted molar refractivity (Wildman–Crippen MR) is 114 cm³/mol. The first kappa shape index (κ1) is 21.0. The summed E-state index contributed by atoms with van der Waals surface area (Å²) < 4.78 is 38.0. The second kappa shape index (κ2) is 9.29. The van der Waals surface area contributed by atoms with Crippen molar-refractivity contribution in [2.24, 2.45) is 0 Å². The van der Waals surface area contributed by atoms with Gasteiger partial charge >= 0.3 is 0 Å². The molecule has 0 saturated carbocycles. The Hall–Kier alpha value is -3.21. The second-order valence-corrected chi connectivity index (χ2v) is 8.66. The Morgan fingerprint density at radius 1 is 1.10 bits per heavy atom. The zero-order valence-electron chi connectivity index (χ0n) is 16.7. The topological polar surface area (TPSA) is 114 Å². The molecule has 0 bridgehead atoms. The molecule has 4 rings (SSSR count). The van der Waals surface area contributed by atoms with Gasteiger partial charge in [0.2, 0.25) is 10.0 Å². The Bertz CT molecular complexity index is 1120. The largest absolute Gasteiger partial charge is 0.468 e. The summed E-state index contributed by atoms with van der Waals surface area (Å²) in [6, 6.07) is 12.8. The van der Waals surface area contributed by atoms with Gasteiger partial charge in [0.25, 0.3) is 5.91 Å². The van der Waals surface area contributed by atoms with Crippen molar-refractivity contribution in [2.75, 3.05) is 36.5 Å². The van der Waals surface area contributed by atoms with Crippen LogP contribution in [0.15, 0.2) is 70.3 Å². The number of amides is 1. The minimum atomic E-state index is -3.80. The van der Waals surface area contributed by atoms with Gasteiger partial charge in [-0.05, 0) is 42.5 Å². The van der Waals surface area contributed by atoms with Crippen molar-refractivity contribution < 1.29 is 22.4 Å². The molecule has 0 atom stereocenters. The van der Waals surface area contributed by atoms with E-state index in [0.29, 0.717) is 24.7 Å². The van der Waals surface area contributed by atoms with Crippen molar-refractivity contribution in [3.8, 4) is 0 Å². The van der Waals surface area contributed by atoms with E-state index in [9.17, 15) is 13.2 Å². The van der Waals surface area contributed by atoms with E-state index in [2.05, 4.69) is 19.9 Å². The molecule has 1 aromatic carbocycles. The molecular weight excluding hydrogens is 420 g/mol. The van der Waals surface area contributed by atoms with Crippen LogP contribution in [0.1, 0.15) is 16.1 Å². The quantitative estimate of drug-likeness (QED) is 0.577. The molecule has 1 fully saturated rings. The zero-order chi connectivity index (χ0) is 21.7. The normalized spacial score (nSPS) is 14.4. The number of nitrogens with zero attached hydrogens (tertiary/aromatic N) is 2. The van der Waals surface area contributed by atoms with E-state index >= 15 is 0 Å². The molecule has 0 unspecified atom stereocenters. The molecule has 2 N–H and O–H groups in total. The average Bonchev–Trinajstić information content (AvgIpc) is 3.33. The number of nitrogens with one attached hydrogen (secondary N) is 2. The van der Waals surface area contributed by atoms with Gasteiger partial charge in [-0.2, -0.15) is 0 Å². The van der Waals surface area contributed by atoms with Crippen LogP contribution in [0.5, 0.6) is 0 Å². The van der Waals surface area contributed by atoms with Crippen LogP contribution >= 0.6 is 0 Å². The molecule has 1 aliphatic heterocycles. The summed E-state index contributed by atoms with van der Waals surface area (Å²) in [5.41, 5.74) is 0.740. The Balaban J connectivity index is 1.41. The van der Waals surface area contributed by atoms with Gasteiger partial charge in [-0.1, -0.05) is 6.07 Å². The minimum Gasteiger partial charge on any atom is -0.468 e. The lowest BCUT2D eigenvalue weighted by Gasteiger charge is -2.27.